The van der Waals surface area contributed by atoms with Gasteiger partial charge in [-0.2, -0.15) is 0 Å². The van der Waals surface area contributed by atoms with Crippen LogP contribution < -0.4 is 15.0 Å². The second-order valence-electron chi connectivity index (χ2n) is 5.11. The zero-order valence-corrected chi connectivity index (χ0v) is 13.0. The number of hydrogen-bond donors (Lipinski definition) is 1. The summed E-state index contributed by atoms with van der Waals surface area (Å²) in [6.45, 7) is 2.31. The number of hydrogen-bond acceptors (Lipinski definition) is 3. The number of rotatable bonds is 4. The van der Waals surface area contributed by atoms with Crippen molar-refractivity contribution in [2.75, 3.05) is 4.90 Å². The van der Waals surface area contributed by atoms with Crippen molar-refractivity contribution in [3.8, 4) is 5.75 Å². The van der Waals surface area contributed by atoms with Crippen LogP contribution in [0, 0.1) is 0 Å². The Morgan fingerprint density at radius 3 is 2.41 bits per heavy atom. The summed E-state index contributed by atoms with van der Waals surface area (Å²) < 4.78 is 5.73. The van der Waals surface area contributed by atoms with Crippen molar-refractivity contribution in [1.29, 1.82) is 0 Å². The van der Waals surface area contributed by atoms with Crippen molar-refractivity contribution in [3.05, 3.63) is 60.2 Å². The number of carbonyl (C=O) groups is 1. The van der Waals surface area contributed by atoms with Crippen LogP contribution in [0.3, 0.4) is 0 Å². The van der Waals surface area contributed by atoms with Crippen molar-refractivity contribution >= 4 is 28.9 Å². The largest absolute Gasteiger partial charge is 0.489 e. The molecule has 0 bridgehead atoms. The maximum absolute atomic E-state index is 12.1. The highest BCUT2D eigenvalue weighted by molar-refractivity contribution is 7.80. The molecule has 0 aromatic heterocycles. The molecule has 4 nitrogen and oxygen atoms in total. The maximum Gasteiger partial charge on any atom is 0.255 e. The van der Waals surface area contributed by atoms with Gasteiger partial charge in [0.1, 0.15) is 18.4 Å². The minimum absolute atomic E-state index is 0.0389. The molecular weight excluding hydrogens is 296 g/mol. The van der Waals surface area contributed by atoms with E-state index < -0.39 is 0 Å². The topological polar surface area (TPSA) is 41.6 Å². The monoisotopic (exact) mass is 312 g/mol. The fourth-order valence-electron chi connectivity index (χ4n) is 2.28. The van der Waals surface area contributed by atoms with Gasteiger partial charge in [0.2, 0.25) is 0 Å². The van der Waals surface area contributed by atoms with E-state index in [4.69, 9.17) is 17.0 Å². The van der Waals surface area contributed by atoms with Crippen molar-refractivity contribution < 1.29 is 9.53 Å². The van der Waals surface area contributed by atoms with E-state index in [9.17, 15) is 4.79 Å². The summed E-state index contributed by atoms with van der Waals surface area (Å²) in [6.07, 6.45) is 0. The van der Waals surface area contributed by atoms with Gasteiger partial charge in [-0.3, -0.25) is 9.69 Å². The van der Waals surface area contributed by atoms with E-state index in [-0.39, 0.29) is 11.9 Å². The fraction of sp³-hybridized carbons (Fsp3) is 0.176. The molecule has 2 aromatic carbocycles. The number of anilines is 1. The number of benzene rings is 2. The van der Waals surface area contributed by atoms with Gasteiger partial charge in [-0.25, -0.2) is 0 Å². The molecule has 1 N–H and O–H groups in total. The standard InChI is InChI=1S/C17H16N2O2S/c1-12-16(20)19(17(22)18-12)14-7-9-15(10-8-14)21-11-13-5-3-2-4-6-13/h2-10,12H,11H2,1H3,(H,18,22)/t12-/m1/s1. The lowest BCUT2D eigenvalue weighted by molar-refractivity contribution is -0.117. The van der Waals surface area contributed by atoms with Crippen LogP contribution in [0.15, 0.2) is 54.6 Å². The van der Waals surface area contributed by atoms with Crippen LogP contribution in [0.2, 0.25) is 0 Å². The van der Waals surface area contributed by atoms with E-state index in [0.29, 0.717) is 11.7 Å². The Hall–Kier alpha value is -2.40. The van der Waals surface area contributed by atoms with Crippen LogP contribution in [0.1, 0.15) is 12.5 Å². The van der Waals surface area contributed by atoms with Gasteiger partial charge >= 0.3 is 0 Å². The summed E-state index contributed by atoms with van der Waals surface area (Å²) in [4.78, 5) is 13.6. The highest BCUT2D eigenvalue weighted by Gasteiger charge is 2.33. The van der Waals surface area contributed by atoms with E-state index in [1.807, 2.05) is 54.6 Å². The third-order valence-electron chi connectivity index (χ3n) is 3.48. The number of nitrogens with one attached hydrogen (secondary N) is 1. The predicted octanol–water partition coefficient (Wildman–Crippen LogP) is 2.88. The van der Waals surface area contributed by atoms with Crippen LogP contribution in [0.4, 0.5) is 5.69 Å². The van der Waals surface area contributed by atoms with Crippen LogP contribution in [-0.4, -0.2) is 17.1 Å². The number of ether oxygens (including phenoxy) is 1. The molecule has 1 amide bonds. The van der Waals surface area contributed by atoms with Crippen molar-refractivity contribution in [2.45, 2.75) is 19.6 Å². The van der Waals surface area contributed by atoms with E-state index in [0.717, 1.165) is 17.0 Å². The fourth-order valence-corrected chi connectivity index (χ4v) is 2.65. The summed E-state index contributed by atoms with van der Waals surface area (Å²) in [6, 6.07) is 17.1. The van der Waals surface area contributed by atoms with E-state index in [1.54, 1.807) is 6.92 Å². The minimum Gasteiger partial charge on any atom is -0.489 e. The maximum atomic E-state index is 12.1. The first-order chi connectivity index (χ1) is 10.6. The summed E-state index contributed by atoms with van der Waals surface area (Å²) in [5.74, 6) is 0.717. The van der Waals surface area contributed by atoms with Crippen LogP contribution >= 0.6 is 12.2 Å². The van der Waals surface area contributed by atoms with Gasteiger partial charge in [0.15, 0.2) is 5.11 Å². The normalized spacial score (nSPS) is 17.5. The first-order valence-electron chi connectivity index (χ1n) is 7.06. The Balaban J connectivity index is 1.68. The molecule has 5 heteroatoms. The molecule has 1 heterocycles. The summed E-state index contributed by atoms with van der Waals surface area (Å²) >= 11 is 5.19. The molecule has 0 spiro atoms. The summed E-state index contributed by atoms with van der Waals surface area (Å²) in [5, 5.41) is 3.39. The lowest BCUT2D eigenvalue weighted by Crippen LogP contribution is -2.30. The Kier molecular flexibility index (Phi) is 4.06. The second kappa shape index (κ2) is 6.15. The number of nitrogens with zero attached hydrogens (tertiary/aromatic N) is 1. The zero-order chi connectivity index (χ0) is 15.5. The third kappa shape index (κ3) is 2.94. The minimum atomic E-state index is -0.276. The van der Waals surface area contributed by atoms with Crippen LogP contribution in [-0.2, 0) is 11.4 Å². The summed E-state index contributed by atoms with van der Waals surface area (Å²) in [5.41, 5.74) is 1.86. The van der Waals surface area contributed by atoms with Crippen LogP contribution in [0.25, 0.3) is 0 Å². The van der Waals surface area contributed by atoms with E-state index in [1.165, 1.54) is 4.90 Å². The Bertz CT molecular complexity index is 686. The van der Waals surface area contributed by atoms with Gasteiger partial charge in [-0.05, 0) is 49.0 Å². The molecule has 1 fully saturated rings. The molecule has 1 aliphatic rings. The zero-order valence-electron chi connectivity index (χ0n) is 12.2. The van der Waals surface area contributed by atoms with E-state index >= 15 is 0 Å². The molecule has 1 atom stereocenters. The second-order valence-corrected chi connectivity index (χ2v) is 5.50. The number of amides is 1. The van der Waals surface area contributed by atoms with Gasteiger partial charge in [0.25, 0.3) is 5.91 Å². The molecule has 0 aliphatic carbocycles. The van der Waals surface area contributed by atoms with Crippen molar-refractivity contribution in [2.24, 2.45) is 0 Å². The first-order valence-corrected chi connectivity index (χ1v) is 7.47. The quantitative estimate of drug-likeness (QED) is 0.882. The lowest BCUT2D eigenvalue weighted by Gasteiger charge is -2.15. The molecule has 22 heavy (non-hydrogen) atoms. The number of thiocarbonyl (C=S) groups is 1. The average Bonchev–Trinajstić information content (AvgIpc) is 2.80. The Morgan fingerprint density at radius 2 is 1.82 bits per heavy atom. The van der Waals surface area contributed by atoms with Gasteiger partial charge in [0.05, 0.1) is 5.69 Å². The van der Waals surface area contributed by atoms with Crippen LogP contribution in [0.5, 0.6) is 5.75 Å². The molecule has 1 aliphatic heterocycles. The molecule has 3 rings (SSSR count). The van der Waals surface area contributed by atoms with Gasteiger partial charge in [-0.1, -0.05) is 30.3 Å². The molecule has 0 radical (unpaired) electrons. The third-order valence-corrected chi connectivity index (χ3v) is 3.78. The van der Waals surface area contributed by atoms with Gasteiger partial charge < -0.3 is 10.1 Å². The van der Waals surface area contributed by atoms with Crippen molar-refractivity contribution in [1.82, 2.24) is 5.32 Å². The average molecular weight is 312 g/mol. The molecule has 1 saturated heterocycles. The smallest absolute Gasteiger partial charge is 0.255 e. The lowest BCUT2D eigenvalue weighted by atomic mass is 10.2. The highest BCUT2D eigenvalue weighted by Crippen LogP contribution is 2.23. The molecular formula is C17H16N2O2S. The Morgan fingerprint density at radius 1 is 1.14 bits per heavy atom. The van der Waals surface area contributed by atoms with Crippen molar-refractivity contribution in [3.63, 3.8) is 0 Å². The Labute approximate surface area is 134 Å². The molecule has 2 aromatic rings. The van der Waals surface area contributed by atoms with E-state index in [2.05, 4.69) is 5.32 Å². The molecule has 0 unspecified atom stereocenters. The highest BCUT2D eigenvalue weighted by atomic mass is 32.1. The SMILES string of the molecule is C[C@H]1NC(=S)N(c2ccc(OCc3ccccc3)cc2)C1=O. The van der Waals surface area contributed by atoms with Gasteiger partial charge in [-0.15, -0.1) is 0 Å². The van der Waals surface area contributed by atoms with Gasteiger partial charge in [0, 0.05) is 0 Å². The molecule has 112 valence electrons. The summed E-state index contributed by atoms with van der Waals surface area (Å²) in [7, 11) is 0. The molecule has 0 saturated carbocycles. The number of carbonyl (C=O) groups excluding carboxylic acids is 1. The first kappa shape index (κ1) is 14.5. The predicted molar refractivity (Wildman–Crippen MR) is 89.9 cm³/mol.